The van der Waals surface area contributed by atoms with E-state index in [1.54, 1.807) is 26.0 Å². The molecule has 3 N–H and O–H groups in total. The van der Waals surface area contributed by atoms with Crippen molar-refractivity contribution in [2.45, 2.75) is 6.42 Å². The molecule has 0 fully saturated rings. The highest BCUT2D eigenvalue weighted by molar-refractivity contribution is 14.0. The van der Waals surface area contributed by atoms with E-state index in [1.807, 2.05) is 24.3 Å². The standard InChI is InChI=1S/C13H20N4O.HI/c1-15-13(14)16-8-7-10-5-4-6-11(9-10)12(18)17(2)3;/h4-6,9H,7-8H2,1-3H3,(H3,14,15,16);1H. The van der Waals surface area contributed by atoms with Gasteiger partial charge in [-0.2, -0.15) is 0 Å². The van der Waals surface area contributed by atoms with Gasteiger partial charge in [0.1, 0.15) is 0 Å². The van der Waals surface area contributed by atoms with Crippen LogP contribution in [-0.2, 0) is 6.42 Å². The Labute approximate surface area is 131 Å². The average Bonchev–Trinajstić information content (AvgIpc) is 2.37. The summed E-state index contributed by atoms with van der Waals surface area (Å²) in [5.41, 5.74) is 7.33. The second kappa shape index (κ2) is 8.73. The first-order chi connectivity index (χ1) is 8.54. The number of amides is 1. The Hall–Kier alpha value is -1.31. The van der Waals surface area contributed by atoms with Crippen LogP contribution in [0.4, 0.5) is 0 Å². The molecule has 1 aromatic rings. The molecule has 0 atom stereocenters. The summed E-state index contributed by atoms with van der Waals surface area (Å²) in [5.74, 6) is 0.440. The number of nitrogens with two attached hydrogens (primary N) is 1. The molecule has 1 rings (SSSR count). The van der Waals surface area contributed by atoms with Gasteiger partial charge in [-0.3, -0.25) is 9.79 Å². The van der Waals surface area contributed by atoms with Gasteiger partial charge in [-0.15, -0.1) is 24.0 Å². The monoisotopic (exact) mass is 376 g/mol. The Balaban J connectivity index is 0.00000324. The molecule has 106 valence electrons. The number of halogens is 1. The summed E-state index contributed by atoms with van der Waals surface area (Å²) in [7, 11) is 5.13. The van der Waals surface area contributed by atoms with Crippen molar-refractivity contribution in [3.63, 3.8) is 0 Å². The van der Waals surface area contributed by atoms with E-state index in [1.165, 1.54) is 0 Å². The fourth-order valence-electron chi connectivity index (χ4n) is 1.53. The Bertz CT molecular complexity index is 446. The number of hydrogen-bond acceptors (Lipinski definition) is 2. The van der Waals surface area contributed by atoms with Crippen LogP contribution in [-0.4, -0.2) is 44.5 Å². The second-order valence-electron chi connectivity index (χ2n) is 4.19. The van der Waals surface area contributed by atoms with Crippen LogP contribution in [0.1, 0.15) is 15.9 Å². The summed E-state index contributed by atoms with van der Waals surface area (Å²) in [6, 6.07) is 7.61. The first-order valence-electron chi connectivity index (χ1n) is 5.81. The first-order valence-corrected chi connectivity index (χ1v) is 5.81. The molecule has 1 amide bonds. The lowest BCUT2D eigenvalue weighted by molar-refractivity contribution is 0.0827. The molecule has 0 heterocycles. The molecule has 5 nitrogen and oxygen atoms in total. The van der Waals surface area contributed by atoms with E-state index >= 15 is 0 Å². The van der Waals surface area contributed by atoms with Crippen LogP contribution < -0.4 is 11.1 Å². The minimum absolute atomic E-state index is 0. The summed E-state index contributed by atoms with van der Waals surface area (Å²) in [5, 5.41) is 2.98. The number of aliphatic imine (C=N–C) groups is 1. The summed E-state index contributed by atoms with van der Waals surface area (Å²) in [4.78, 5) is 17.2. The molecule has 0 bridgehead atoms. The van der Waals surface area contributed by atoms with Crippen molar-refractivity contribution in [2.24, 2.45) is 10.7 Å². The van der Waals surface area contributed by atoms with Gasteiger partial charge < -0.3 is 16.0 Å². The van der Waals surface area contributed by atoms with Crippen molar-refractivity contribution in [3.05, 3.63) is 35.4 Å². The van der Waals surface area contributed by atoms with E-state index in [4.69, 9.17) is 5.73 Å². The van der Waals surface area contributed by atoms with Crippen molar-refractivity contribution in [2.75, 3.05) is 27.7 Å². The fourth-order valence-corrected chi connectivity index (χ4v) is 1.53. The third kappa shape index (κ3) is 5.91. The van der Waals surface area contributed by atoms with E-state index in [0.717, 1.165) is 12.0 Å². The molecule has 0 saturated heterocycles. The Morgan fingerprint density at radius 2 is 2.11 bits per heavy atom. The number of carbonyl (C=O) groups excluding carboxylic acids is 1. The third-order valence-electron chi connectivity index (χ3n) is 2.54. The normalized spacial score (nSPS) is 10.6. The maximum absolute atomic E-state index is 11.8. The Morgan fingerprint density at radius 3 is 2.68 bits per heavy atom. The van der Waals surface area contributed by atoms with Gasteiger partial charge in [-0.1, -0.05) is 12.1 Å². The van der Waals surface area contributed by atoms with Crippen LogP contribution in [0.5, 0.6) is 0 Å². The molecule has 0 aromatic heterocycles. The lowest BCUT2D eigenvalue weighted by atomic mass is 10.1. The van der Waals surface area contributed by atoms with Crippen LogP contribution in [0.25, 0.3) is 0 Å². The van der Waals surface area contributed by atoms with Crippen molar-refractivity contribution in [1.29, 1.82) is 0 Å². The lowest BCUT2D eigenvalue weighted by Gasteiger charge is -2.11. The van der Waals surface area contributed by atoms with Crippen LogP contribution in [0.3, 0.4) is 0 Å². The lowest BCUT2D eigenvalue weighted by Crippen LogP contribution is -2.32. The number of carbonyl (C=O) groups is 1. The molecule has 19 heavy (non-hydrogen) atoms. The topological polar surface area (TPSA) is 70.7 Å². The maximum atomic E-state index is 11.8. The van der Waals surface area contributed by atoms with Gasteiger partial charge in [0, 0.05) is 33.3 Å². The van der Waals surface area contributed by atoms with Crippen molar-refractivity contribution >= 4 is 35.8 Å². The number of benzene rings is 1. The summed E-state index contributed by atoms with van der Waals surface area (Å²) < 4.78 is 0. The minimum atomic E-state index is 0. The molecule has 0 spiro atoms. The molecular weight excluding hydrogens is 355 g/mol. The molecule has 0 aliphatic heterocycles. The highest BCUT2D eigenvalue weighted by atomic mass is 127. The van der Waals surface area contributed by atoms with E-state index in [0.29, 0.717) is 18.1 Å². The van der Waals surface area contributed by atoms with Gasteiger partial charge in [0.05, 0.1) is 0 Å². The van der Waals surface area contributed by atoms with E-state index in [-0.39, 0.29) is 29.9 Å². The predicted octanol–water partition coefficient (Wildman–Crippen LogP) is 1.08. The van der Waals surface area contributed by atoms with Crippen molar-refractivity contribution in [1.82, 2.24) is 10.2 Å². The number of nitrogens with zero attached hydrogens (tertiary/aromatic N) is 2. The van der Waals surface area contributed by atoms with Gasteiger partial charge in [0.25, 0.3) is 5.91 Å². The molecule has 6 heteroatoms. The van der Waals surface area contributed by atoms with Gasteiger partial charge in [-0.05, 0) is 24.1 Å². The second-order valence-corrected chi connectivity index (χ2v) is 4.19. The zero-order valence-electron chi connectivity index (χ0n) is 11.5. The zero-order valence-corrected chi connectivity index (χ0v) is 13.8. The molecule has 0 aliphatic carbocycles. The minimum Gasteiger partial charge on any atom is -0.370 e. The SMILES string of the molecule is CN=C(N)NCCc1cccc(C(=O)N(C)C)c1.I. The van der Waals surface area contributed by atoms with Gasteiger partial charge >= 0.3 is 0 Å². The largest absolute Gasteiger partial charge is 0.370 e. The van der Waals surface area contributed by atoms with Gasteiger partial charge in [-0.25, -0.2) is 0 Å². The Morgan fingerprint density at radius 1 is 1.42 bits per heavy atom. The molecule has 0 unspecified atom stereocenters. The van der Waals surface area contributed by atoms with Gasteiger partial charge in [0.2, 0.25) is 0 Å². The number of hydrogen-bond donors (Lipinski definition) is 2. The van der Waals surface area contributed by atoms with Crippen LogP contribution in [0.2, 0.25) is 0 Å². The van der Waals surface area contributed by atoms with Crippen molar-refractivity contribution in [3.8, 4) is 0 Å². The first kappa shape index (κ1) is 17.7. The highest BCUT2D eigenvalue weighted by Crippen LogP contribution is 2.07. The smallest absolute Gasteiger partial charge is 0.253 e. The van der Waals surface area contributed by atoms with Crippen LogP contribution in [0.15, 0.2) is 29.3 Å². The molecule has 0 saturated carbocycles. The summed E-state index contributed by atoms with van der Waals surface area (Å²) in [6.45, 7) is 0.697. The van der Waals surface area contributed by atoms with E-state index in [2.05, 4.69) is 10.3 Å². The average molecular weight is 376 g/mol. The summed E-state index contributed by atoms with van der Waals surface area (Å²) >= 11 is 0. The number of nitrogens with one attached hydrogen (secondary N) is 1. The third-order valence-corrected chi connectivity index (χ3v) is 2.54. The highest BCUT2D eigenvalue weighted by Gasteiger charge is 2.07. The predicted molar refractivity (Wildman–Crippen MR) is 89.1 cm³/mol. The maximum Gasteiger partial charge on any atom is 0.253 e. The Kier molecular flexibility index (Phi) is 8.13. The number of rotatable bonds is 4. The van der Waals surface area contributed by atoms with E-state index < -0.39 is 0 Å². The molecule has 0 radical (unpaired) electrons. The molecular formula is C13H21IN4O. The van der Waals surface area contributed by atoms with E-state index in [9.17, 15) is 4.79 Å². The molecule has 0 aliphatic rings. The summed E-state index contributed by atoms with van der Waals surface area (Å²) in [6.07, 6.45) is 0.796. The van der Waals surface area contributed by atoms with Crippen LogP contribution in [0, 0.1) is 0 Å². The van der Waals surface area contributed by atoms with Gasteiger partial charge in [0.15, 0.2) is 5.96 Å². The quantitative estimate of drug-likeness (QED) is 0.470. The fraction of sp³-hybridized carbons (Fsp3) is 0.385. The molecule has 1 aromatic carbocycles. The van der Waals surface area contributed by atoms with Crippen molar-refractivity contribution < 1.29 is 4.79 Å². The van der Waals surface area contributed by atoms with Crippen LogP contribution >= 0.6 is 24.0 Å². The number of guanidine groups is 1. The zero-order chi connectivity index (χ0) is 13.5.